The number of carbonyl (C=O) groups is 2. The van der Waals surface area contributed by atoms with Gasteiger partial charge in [0, 0.05) is 24.7 Å². The van der Waals surface area contributed by atoms with E-state index < -0.39 is 0 Å². The standard InChI is InChI=1S/C19H28O2.C2H6/c1-19-9-8-15-13-3-4-14(20)11-12(10-13)2-5-16(15)17(19)6-7-18(19)21;1-2/h12-13,15-17H,2-11H2,1H3;1-2H3/t12-,13?,15?,16?,17?,19?;/m1./s1. The summed E-state index contributed by atoms with van der Waals surface area (Å²) in [6, 6.07) is 0. The molecule has 4 rings (SSSR count). The van der Waals surface area contributed by atoms with Crippen molar-refractivity contribution in [1.29, 1.82) is 0 Å². The highest BCUT2D eigenvalue weighted by Crippen LogP contribution is 2.59. The Labute approximate surface area is 141 Å². The predicted octanol–water partition coefficient (Wildman–Crippen LogP) is 5.19. The first-order valence-corrected chi connectivity index (χ1v) is 10.1. The zero-order valence-electron chi connectivity index (χ0n) is 15.3. The zero-order chi connectivity index (χ0) is 16.6. The van der Waals surface area contributed by atoms with Gasteiger partial charge in [0.1, 0.15) is 11.6 Å². The summed E-state index contributed by atoms with van der Waals surface area (Å²) in [6.45, 7) is 6.26. The second-order valence-electron chi connectivity index (χ2n) is 8.57. The van der Waals surface area contributed by atoms with Gasteiger partial charge in [-0.25, -0.2) is 0 Å². The third-order valence-corrected chi connectivity index (χ3v) is 7.66. The fraction of sp³-hybridized carbons (Fsp3) is 0.905. The Balaban J connectivity index is 0.000000753. The Morgan fingerprint density at radius 2 is 1.70 bits per heavy atom. The van der Waals surface area contributed by atoms with Crippen molar-refractivity contribution in [2.24, 2.45) is 35.0 Å². The van der Waals surface area contributed by atoms with Gasteiger partial charge < -0.3 is 0 Å². The SMILES string of the molecule is CC.CC12CCC3C4CCC(=O)C[C@H](CCC3C1CCC2=O)C4. The minimum atomic E-state index is 0.00545. The highest BCUT2D eigenvalue weighted by molar-refractivity contribution is 5.87. The Morgan fingerprint density at radius 1 is 0.913 bits per heavy atom. The van der Waals surface area contributed by atoms with Gasteiger partial charge in [-0.3, -0.25) is 9.59 Å². The van der Waals surface area contributed by atoms with E-state index in [4.69, 9.17) is 0 Å². The molecule has 0 aromatic rings. The number of fused-ring (bicyclic) bond motifs is 6. The number of rotatable bonds is 0. The van der Waals surface area contributed by atoms with Crippen LogP contribution in [0.3, 0.4) is 0 Å². The molecular weight excluding hydrogens is 284 g/mol. The van der Waals surface area contributed by atoms with Crippen LogP contribution in [0.5, 0.6) is 0 Å². The molecule has 23 heavy (non-hydrogen) atoms. The molecule has 0 heterocycles. The smallest absolute Gasteiger partial charge is 0.139 e. The normalized spacial score (nSPS) is 46.0. The summed E-state index contributed by atoms with van der Waals surface area (Å²) >= 11 is 0. The highest BCUT2D eigenvalue weighted by Gasteiger charge is 2.55. The monoisotopic (exact) mass is 318 g/mol. The summed E-state index contributed by atoms with van der Waals surface area (Å²) < 4.78 is 0. The molecule has 5 unspecified atom stereocenters. The Bertz CT molecular complexity index is 468. The Kier molecular flexibility index (Phi) is 4.99. The third kappa shape index (κ3) is 2.91. The minimum Gasteiger partial charge on any atom is -0.300 e. The molecule has 6 atom stereocenters. The topological polar surface area (TPSA) is 34.1 Å². The minimum absolute atomic E-state index is 0.00545. The van der Waals surface area contributed by atoms with Gasteiger partial charge in [-0.1, -0.05) is 20.8 Å². The molecular formula is C21H34O2. The maximum Gasteiger partial charge on any atom is 0.139 e. The number of carbonyl (C=O) groups excluding carboxylic acids is 2. The van der Waals surface area contributed by atoms with Gasteiger partial charge in [0.15, 0.2) is 0 Å². The second-order valence-corrected chi connectivity index (χ2v) is 8.57. The first-order chi connectivity index (χ1) is 11.1. The summed E-state index contributed by atoms with van der Waals surface area (Å²) in [7, 11) is 0. The largest absolute Gasteiger partial charge is 0.300 e. The third-order valence-electron chi connectivity index (χ3n) is 7.66. The lowest BCUT2D eigenvalue weighted by Gasteiger charge is -2.47. The number of ketones is 2. The molecule has 4 saturated carbocycles. The lowest BCUT2D eigenvalue weighted by atomic mass is 9.57. The van der Waals surface area contributed by atoms with Gasteiger partial charge in [-0.15, -0.1) is 0 Å². The van der Waals surface area contributed by atoms with Gasteiger partial charge in [0.2, 0.25) is 0 Å². The molecule has 0 aliphatic heterocycles. The van der Waals surface area contributed by atoms with Gasteiger partial charge in [-0.05, 0) is 74.5 Å². The van der Waals surface area contributed by atoms with E-state index in [-0.39, 0.29) is 5.41 Å². The lowest BCUT2D eigenvalue weighted by Crippen LogP contribution is -2.43. The van der Waals surface area contributed by atoms with E-state index in [1.54, 1.807) is 0 Å². The average molecular weight is 319 g/mol. The first-order valence-electron chi connectivity index (χ1n) is 10.1. The first kappa shape index (κ1) is 17.2. The summed E-state index contributed by atoms with van der Waals surface area (Å²) in [5, 5.41) is 0. The van der Waals surface area contributed by atoms with Crippen molar-refractivity contribution in [3.8, 4) is 0 Å². The van der Waals surface area contributed by atoms with E-state index in [1.165, 1.54) is 25.7 Å². The van der Waals surface area contributed by atoms with Crippen molar-refractivity contribution in [2.75, 3.05) is 0 Å². The molecule has 0 amide bonds. The molecule has 4 fully saturated rings. The van der Waals surface area contributed by atoms with E-state index in [0.717, 1.165) is 56.3 Å². The van der Waals surface area contributed by atoms with Crippen LogP contribution in [0.4, 0.5) is 0 Å². The number of hydrogen-bond acceptors (Lipinski definition) is 2. The zero-order valence-corrected chi connectivity index (χ0v) is 15.3. The van der Waals surface area contributed by atoms with Crippen LogP contribution in [0, 0.1) is 35.0 Å². The van der Waals surface area contributed by atoms with Crippen molar-refractivity contribution in [3.05, 3.63) is 0 Å². The van der Waals surface area contributed by atoms with Crippen LogP contribution in [-0.4, -0.2) is 11.6 Å². The number of Topliss-reactive ketones (excluding diaryl/α,β-unsaturated/α-hetero) is 2. The summed E-state index contributed by atoms with van der Waals surface area (Å²) in [4.78, 5) is 24.3. The molecule has 0 saturated heterocycles. The maximum atomic E-state index is 12.4. The number of hydrogen-bond donors (Lipinski definition) is 0. The van der Waals surface area contributed by atoms with Crippen molar-refractivity contribution in [3.63, 3.8) is 0 Å². The van der Waals surface area contributed by atoms with Crippen LogP contribution in [0.2, 0.25) is 0 Å². The highest BCUT2D eigenvalue weighted by atomic mass is 16.1. The molecule has 2 bridgehead atoms. The van der Waals surface area contributed by atoms with Gasteiger partial charge in [0.25, 0.3) is 0 Å². The molecule has 0 spiro atoms. The Hall–Kier alpha value is -0.660. The lowest BCUT2D eigenvalue weighted by molar-refractivity contribution is -0.130. The molecule has 0 N–H and O–H groups in total. The second kappa shape index (κ2) is 6.69. The molecule has 0 aromatic heterocycles. The molecule has 130 valence electrons. The van der Waals surface area contributed by atoms with Gasteiger partial charge in [-0.2, -0.15) is 0 Å². The van der Waals surface area contributed by atoms with Crippen molar-refractivity contribution < 1.29 is 9.59 Å². The fourth-order valence-corrected chi connectivity index (χ4v) is 6.53. The van der Waals surface area contributed by atoms with E-state index in [0.29, 0.717) is 23.4 Å². The van der Waals surface area contributed by atoms with Crippen LogP contribution in [0.1, 0.15) is 85.0 Å². The molecule has 2 heteroatoms. The van der Waals surface area contributed by atoms with E-state index in [1.807, 2.05) is 13.8 Å². The molecule has 0 aromatic carbocycles. The van der Waals surface area contributed by atoms with Crippen LogP contribution >= 0.6 is 0 Å². The quantitative estimate of drug-likeness (QED) is 0.615. The van der Waals surface area contributed by atoms with E-state index in [9.17, 15) is 9.59 Å². The van der Waals surface area contributed by atoms with Crippen LogP contribution < -0.4 is 0 Å². The van der Waals surface area contributed by atoms with Crippen molar-refractivity contribution in [1.82, 2.24) is 0 Å². The Morgan fingerprint density at radius 3 is 2.48 bits per heavy atom. The molecule has 4 aliphatic carbocycles. The van der Waals surface area contributed by atoms with Gasteiger partial charge in [0.05, 0.1) is 0 Å². The van der Waals surface area contributed by atoms with Crippen molar-refractivity contribution in [2.45, 2.75) is 85.0 Å². The summed E-state index contributed by atoms with van der Waals surface area (Å²) in [5.41, 5.74) is 0.00545. The molecule has 2 nitrogen and oxygen atoms in total. The van der Waals surface area contributed by atoms with Crippen LogP contribution in [-0.2, 0) is 9.59 Å². The predicted molar refractivity (Wildman–Crippen MR) is 93.1 cm³/mol. The van der Waals surface area contributed by atoms with E-state index in [2.05, 4.69) is 6.92 Å². The summed E-state index contributed by atoms with van der Waals surface area (Å²) in [5.74, 6) is 4.72. The van der Waals surface area contributed by atoms with Crippen molar-refractivity contribution >= 4 is 11.6 Å². The average Bonchev–Trinajstić information content (AvgIpc) is 2.71. The fourth-order valence-electron chi connectivity index (χ4n) is 6.53. The maximum absolute atomic E-state index is 12.4. The van der Waals surface area contributed by atoms with Crippen LogP contribution in [0.15, 0.2) is 0 Å². The van der Waals surface area contributed by atoms with Crippen LogP contribution in [0.25, 0.3) is 0 Å². The van der Waals surface area contributed by atoms with Gasteiger partial charge >= 0.3 is 0 Å². The molecule has 0 radical (unpaired) electrons. The van der Waals surface area contributed by atoms with E-state index >= 15 is 0 Å². The molecule has 4 aliphatic rings. The summed E-state index contributed by atoms with van der Waals surface area (Å²) in [6.07, 6.45) is 11.0.